The quantitative estimate of drug-likeness (QED) is 0.840. The number of rotatable bonds is 3. The van der Waals surface area contributed by atoms with Gasteiger partial charge in [-0.25, -0.2) is 4.39 Å². The summed E-state index contributed by atoms with van der Waals surface area (Å²) in [5, 5.41) is 9.35. The summed E-state index contributed by atoms with van der Waals surface area (Å²) < 4.78 is 13.4. The van der Waals surface area contributed by atoms with Gasteiger partial charge >= 0.3 is 0 Å². The molecule has 1 aliphatic heterocycles. The molecule has 94 valence electrons. The van der Waals surface area contributed by atoms with E-state index < -0.39 is 5.54 Å². The Hall–Kier alpha value is -1.13. The van der Waals surface area contributed by atoms with E-state index in [-0.39, 0.29) is 12.4 Å². The number of anilines is 1. The van der Waals surface area contributed by atoms with Gasteiger partial charge in [0.05, 0.1) is 12.1 Å². The van der Waals surface area contributed by atoms with Crippen LogP contribution in [0.2, 0.25) is 0 Å². The van der Waals surface area contributed by atoms with Crippen molar-refractivity contribution in [2.24, 2.45) is 5.73 Å². The van der Waals surface area contributed by atoms with Crippen molar-refractivity contribution in [1.29, 1.82) is 0 Å². The van der Waals surface area contributed by atoms with Gasteiger partial charge in [-0.05, 0) is 37.5 Å². The third-order valence-electron chi connectivity index (χ3n) is 3.35. The van der Waals surface area contributed by atoms with Crippen molar-refractivity contribution >= 4 is 5.69 Å². The van der Waals surface area contributed by atoms with Crippen LogP contribution in [0.5, 0.6) is 0 Å². The third kappa shape index (κ3) is 2.42. The number of hydrogen-bond donors (Lipinski definition) is 2. The first kappa shape index (κ1) is 12.3. The lowest BCUT2D eigenvalue weighted by Crippen LogP contribution is -2.38. The first-order valence-corrected chi connectivity index (χ1v) is 5.99. The van der Waals surface area contributed by atoms with Gasteiger partial charge in [0.1, 0.15) is 5.82 Å². The second-order valence-corrected chi connectivity index (χ2v) is 4.93. The Bertz CT molecular complexity index is 400. The van der Waals surface area contributed by atoms with Crippen LogP contribution < -0.4 is 10.6 Å². The fourth-order valence-electron chi connectivity index (χ4n) is 2.29. The Morgan fingerprint density at radius 1 is 1.41 bits per heavy atom. The van der Waals surface area contributed by atoms with Crippen LogP contribution in [-0.2, 0) is 5.54 Å². The van der Waals surface area contributed by atoms with Crippen LogP contribution in [0.3, 0.4) is 0 Å². The van der Waals surface area contributed by atoms with E-state index in [0.29, 0.717) is 0 Å². The minimum absolute atomic E-state index is 0.153. The second-order valence-electron chi connectivity index (χ2n) is 4.93. The molecule has 1 atom stereocenters. The van der Waals surface area contributed by atoms with E-state index in [4.69, 9.17) is 5.73 Å². The van der Waals surface area contributed by atoms with Gasteiger partial charge in [-0.15, -0.1) is 0 Å². The number of aliphatic hydroxyl groups excluding tert-OH is 1. The summed E-state index contributed by atoms with van der Waals surface area (Å²) in [4.78, 5) is 2.14. The van der Waals surface area contributed by atoms with Gasteiger partial charge in [-0.1, -0.05) is 6.07 Å². The molecule has 3 N–H and O–H groups in total. The van der Waals surface area contributed by atoms with Crippen LogP contribution in [0, 0.1) is 5.82 Å². The highest BCUT2D eigenvalue weighted by atomic mass is 19.1. The highest BCUT2D eigenvalue weighted by Gasteiger charge is 2.27. The van der Waals surface area contributed by atoms with E-state index >= 15 is 0 Å². The molecule has 1 aliphatic rings. The average Bonchev–Trinajstić information content (AvgIpc) is 2.82. The Labute approximate surface area is 101 Å². The average molecular weight is 238 g/mol. The Morgan fingerprint density at radius 2 is 2.06 bits per heavy atom. The van der Waals surface area contributed by atoms with Crippen molar-refractivity contribution in [3.05, 3.63) is 29.6 Å². The molecule has 1 aromatic carbocycles. The molecule has 1 fully saturated rings. The van der Waals surface area contributed by atoms with E-state index in [1.807, 2.05) is 0 Å². The summed E-state index contributed by atoms with van der Waals surface area (Å²) in [6, 6.07) is 4.59. The zero-order chi connectivity index (χ0) is 12.5. The maximum atomic E-state index is 13.4. The molecular formula is C13H19FN2O. The lowest BCUT2D eigenvalue weighted by Gasteiger charge is -2.29. The fourth-order valence-corrected chi connectivity index (χ4v) is 2.29. The molecule has 0 spiro atoms. The first-order valence-electron chi connectivity index (χ1n) is 5.99. The molecule has 3 nitrogen and oxygen atoms in total. The second kappa shape index (κ2) is 4.63. The van der Waals surface area contributed by atoms with Gasteiger partial charge in [-0.2, -0.15) is 0 Å². The van der Waals surface area contributed by atoms with Gasteiger partial charge in [0.2, 0.25) is 0 Å². The molecule has 2 rings (SSSR count). The largest absolute Gasteiger partial charge is 0.394 e. The normalized spacial score (nSPS) is 19.4. The summed E-state index contributed by atoms with van der Waals surface area (Å²) in [6.45, 7) is 3.47. The molecule has 0 saturated carbocycles. The number of hydrogen-bond acceptors (Lipinski definition) is 3. The minimum atomic E-state index is -0.828. The number of aliphatic hydroxyl groups is 1. The molecule has 1 saturated heterocycles. The van der Waals surface area contributed by atoms with E-state index in [0.717, 1.165) is 37.2 Å². The molecular weight excluding hydrogens is 219 g/mol. The monoisotopic (exact) mass is 238 g/mol. The molecule has 0 aliphatic carbocycles. The van der Waals surface area contributed by atoms with Gasteiger partial charge in [-0.3, -0.25) is 0 Å². The Morgan fingerprint density at radius 3 is 2.65 bits per heavy atom. The minimum Gasteiger partial charge on any atom is -0.394 e. The molecule has 0 aromatic heterocycles. The van der Waals surface area contributed by atoms with Crippen LogP contribution in [0.4, 0.5) is 10.1 Å². The zero-order valence-electron chi connectivity index (χ0n) is 10.1. The van der Waals surface area contributed by atoms with E-state index in [2.05, 4.69) is 4.90 Å². The molecule has 1 aromatic rings. The molecule has 17 heavy (non-hydrogen) atoms. The van der Waals surface area contributed by atoms with Crippen LogP contribution in [0.15, 0.2) is 18.2 Å². The molecule has 1 heterocycles. The van der Waals surface area contributed by atoms with E-state index in [9.17, 15) is 9.50 Å². The summed E-state index contributed by atoms with van der Waals surface area (Å²) in [7, 11) is 0. The smallest absolute Gasteiger partial charge is 0.125 e. The first-order chi connectivity index (χ1) is 8.04. The van der Waals surface area contributed by atoms with Crippen molar-refractivity contribution in [1.82, 2.24) is 0 Å². The SMILES string of the molecule is C[C@](N)(CO)c1ccc(F)cc1N1CCCC1. The maximum Gasteiger partial charge on any atom is 0.125 e. The number of nitrogens with zero attached hydrogens (tertiary/aromatic N) is 1. The Balaban J connectivity index is 2.43. The lowest BCUT2D eigenvalue weighted by molar-refractivity contribution is 0.210. The summed E-state index contributed by atoms with van der Waals surface area (Å²) in [5.41, 5.74) is 6.86. The third-order valence-corrected chi connectivity index (χ3v) is 3.35. The van der Waals surface area contributed by atoms with E-state index in [1.165, 1.54) is 12.1 Å². The summed E-state index contributed by atoms with van der Waals surface area (Å²) in [5.74, 6) is -0.260. The predicted octanol–water partition coefficient (Wildman–Crippen LogP) is 1.59. The number of benzene rings is 1. The van der Waals surface area contributed by atoms with Crippen molar-refractivity contribution in [2.45, 2.75) is 25.3 Å². The van der Waals surface area contributed by atoms with Crippen molar-refractivity contribution in [3.8, 4) is 0 Å². The van der Waals surface area contributed by atoms with Crippen molar-refractivity contribution < 1.29 is 9.50 Å². The van der Waals surface area contributed by atoms with Crippen molar-refractivity contribution in [3.63, 3.8) is 0 Å². The fraction of sp³-hybridized carbons (Fsp3) is 0.538. The van der Waals surface area contributed by atoms with Gasteiger partial charge in [0.25, 0.3) is 0 Å². The van der Waals surface area contributed by atoms with Gasteiger partial charge in [0, 0.05) is 18.8 Å². The standard InChI is InChI=1S/C13H19FN2O/c1-13(15,9-17)11-5-4-10(14)8-12(11)16-6-2-3-7-16/h4-5,8,17H,2-3,6-7,9,15H2,1H3/t13-/m0/s1. The van der Waals surface area contributed by atoms with Crippen LogP contribution in [-0.4, -0.2) is 24.8 Å². The zero-order valence-corrected chi connectivity index (χ0v) is 10.1. The lowest BCUT2D eigenvalue weighted by atomic mass is 9.92. The van der Waals surface area contributed by atoms with Gasteiger partial charge < -0.3 is 15.7 Å². The van der Waals surface area contributed by atoms with Crippen LogP contribution in [0.25, 0.3) is 0 Å². The highest BCUT2D eigenvalue weighted by Crippen LogP contribution is 2.31. The highest BCUT2D eigenvalue weighted by molar-refractivity contribution is 5.57. The van der Waals surface area contributed by atoms with Crippen LogP contribution in [0.1, 0.15) is 25.3 Å². The van der Waals surface area contributed by atoms with Crippen molar-refractivity contribution in [2.75, 3.05) is 24.6 Å². The summed E-state index contributed by atoms with van der Waals surface area (Å²) >= 11 is 0. The number of nitrogens with two attached hydrogens (primary N) is 1. The topological polar surface area (TPSA) is 49.5 Å². The Kier molecular flexibility index (Phi) is 3.35. The van der Waals surface area contributed by atoms with Gasteiger partial charge in [0.15, 0.2) is 0 Å². The predicted molar refractivity (Wildman–Crippen MR) is 66.5 cm³/mol. The number of halogens is 1. The molecule has 4 heteroatoms. The van der Waals surface area contributed by atoms with E-state index in [1.54, 1.807) is 13.0 Å². The summed E-state index contributed by atoms with van der Waals surface area (Å²) in [6.07, 6.45) is 2.24. The molecule has 0 unspecified atom stereocenters. The molecule has 0 amide bonds. The molecule has 0 radical (unpaired) electrons. The molecule has 0 bridgehead atoms. The van der Waals surface area contributed by atoms with Crippen LogP contribution >= 0.6 is 0 Å². The maximum absolute atomic E-state index is 13.4.